The van der Waals surface area contributed by atoms with Gasteiger partial charge >= 0.3 is 0 Å². The lowest BCUT2D eigenvalue weighted by Gasteiger charge is -2.36. The van der Waals surface area contributed by atoms with Crippen molar-refractivity contribution in [1.29, 1.82) is 5.26 Å². The van der Waals surface area contributed by atoms with Gasteiger partial charge in [0.2, 0.25) is 0 Å². The van der Waals surface area contributed by atoms with Gasteiger partial charge in [-0.3, -0.25) is 5.32 Å². The maximum atomic E-state index is 9.35. The summed E-state index contributed by atoms with van der Waals surface area (Å²) in [7, 11) is 2.13. The van der Waals surface area contributed by atoms with Crippen LogP contribution in [0.2, 0.25) is 0 Å². The summed E-state index contributed by atoms with van der Waals surface area (Å²) in [4.78, 5) is 2.32. The van der Waals surface area contributed by atoms with E-state index < -0.39 is 5.54 Å². The maximum absolute atomic E-state index is 9.35. The van der Waals surface area contributed by atoms with Crippen LogP contribution in [0.3, 0.4) is 0 Å². The van der Waals surface area contributed by atoms with E-state index >= 15 is 0 Å². The zero-order valence-electron chi connectivity index (χ0n) is 10.9. The lowest BCUT2D eigenvalue weighted by atomic mass is 10.0. The molecule has 0 aromatic rings. The maximum Gasteiger partial charge on any atom is 0.116 e. The summed E-state index contributed by atoms with van der Waals surface area (Å²) in [6.45, 7) is 4.52. The minimum Gasteiger partial charge on any atom is -0.381 e. The van der Waals surface area contributed by atoms with Gasteiger partial charge < -0.3 is 9.64 Å². The van der Waals surface area contributed by atoms with E-state index in [1.807, 2.05) is 6.92 Å². The van der Waals surface area contributed by atoms with E-state index in [0.717, 1.165) is 32.6 Å². The van der Waals surface area contributed by atoms with Crippen LogP contribution in [-0.2, 0) is 4.74 Å². The normalized spacial score (nSPS) is 25.5. The molecule has 0 aromatic heterocycles. The van der Waals surface area contributed by atoms with E-state index in [1.165, 1.54) is 12.8 Å². The second-order valence-corrected chi connectivity index (χ2v) is 5.62. The van der Waals surface area contributed by atoms with E-state index in [1.54, 1.807) is 0 Å². The van der Waals surface area contributed by atoms with Crippen molar-refractivity contribution in [1.82, 2.24) is 10.2 Å². The Morgan fingerprint density at radius 2 is 2.00 bits per heavy atom. The molecule has 1 unspecified atom stereocenters. The van der Waals surface area contributed by atoms with Crippen LogP contribution < -0.4 is 5.32 Å². The molecular weight excluding hydrogens is 214 g/mol. The van der Waals surface area contributed by atoms with Crippen LogP contribution in [0.25, 0.3) is 0 Å². The molecule has 2 fully saturated rings. The zero-order valence-corrected chi connectivity index (χ0v) is 10.9. The molecule has 0 spiro atoms. The molecule has 1 aliphatic heterocycles. The van der Waals surface area contributed by atoms with Gasteiger partial charge in [0.15, 0.2) is 0 Å². The van der Waals surface area contributed by atoms with Gasteiger partial charge in [0, 0.05) is 31.8 Å². The topological polar surface area (TPSA) is 48.3 Å². The molecule has 1 saturated heterocycles. The third kappa shape index (κ3) is 3.67. The Morgan fingerprint density at radius 1 is 1.35 bits per heavy atom. The SMILES string of the molecule is CN(CC(C)(C#N)NC1CC1)C1CCOCC1. The van der Waals surface area contributed by atoms with Crippen LogP contribution in [0.15, 0.2) is 0 Å². The predicted octanol–water partition coefficient (Wildman–Crippen LogP) is 1.13. The Hall–Kier alpha value is -0.630. The van der Waals surface area contributed by atoms with Gasteiger partial charge in [-0.25, -0.2) is 0 Å². The number of ether oxygens (including phenoxy) is 1. The molecule has 1 saturated carbocycles. The molecule has 4 heteroatoms. The van der Waals surface area contributed by atoms with Gasteiger partial charge in [0.25, 0.3) is 0 Å². The summed E-state index contributed by atoms with van der Waals surface area (Å²) in [5.41, 5.74) is -0.409. The lowest BCUT2D eigenvalue weighted by molar-refractivity contribution is 0.0376. The number of nitriles is 1. The van der Waals surface area contributed by atoms with E-state index in [-0.39, 0.29) is 0 Å². The molecule has 0 aromatic carbocycles. The van der Waals surface area contributed by atoms with Crippen molar-refractivity contribution in [3.63, 3.8) is 0 Å². The second-order valence-electron chi connectivity index (χ2n) is 5.62. The Morgan fingerprint density at radius 3 is 2.53 bits per heavy atom. The first kappa shape index (κ1) is 12.8. The number of nitrogens with one attached hydrogen (secondary N) is 1. The summed E-state index contributed by atoms with van der Waals surface area (Å²) in [6, 6.07) is 3.57. The summed E-state index contributed by atoms with van der Waals surface area (Å²) in [6.07, 6.45) is 4.61. The van der Waals surface area contributed by atoms with Crippen molar-refractivity contribution in [2.45, 2.75) is 50.2 Å². The number of hydrogen-bond acceptors (Lipinski definition) is 4. The van der Waals surface area contributed by atoms with Gasteiger partial charge in [-0.05, 0) is 39.7 Å². The van der Waals surface area contributed by atoms with Gasteiger partial charge in [-0.1, -0.05) is 0 Å². The Balaban J connectivity index is 1.85. The highest BCUT2D eigenvalue weighted by molar-refractivity contribution is 5.09. The number of likely N-dealkylation sites (N-methyl/N-ethyl adjacent to an activating group) is 1. The minimum absolute atomic E-state index is 0.409. The lowest BCUT2D eigenvalue weighted by Crippen LogP contribution is -2.53. The fourth-order valence-corrected chi connectivity index (χ4v) is 2.55. The largest absolute Gasteiger partial charge is 0.381 e. The highest BCUT2D eigenvalue weighted by Gasteiger charge is 2.34. The van der Waals surface area contributed by atoms with Crippen LogP contribution in [0, 0.1) is 11.3 Å². The van der Waals surface area contributed by atoms with Crippen LogP contribution in [0.5, 0.6) is 0 Å². The monoisotopic (exact) mass is 237 g/mol. The van der Waals surface area contributed by atoms with Crippen molar-refractivity contribution >= 4 is 0 Å². The standard InChI is InChI=1S/C13H23N3O/c1-13(9-14,15-11-3-4-11)10-16(2)12-5-7-17-8-6-12/h11-12,15H,3-8,10H2,1-2H3. The minimum atomic E-state index is -0.409. The third-order valence-corrected chi connectivity index (χ3v) is 3.73. The fourth-order valence-electron chi connectivity index (χ4n) is 2.55. The van der Waals surface area contributed by atoms with E-state index in [9.17, 15) is 5.26 Å². The summed E-state index contributed by atoms with van der Waals surface area (Å²) >= 11 is 0. The quantitative estimate of drug-likeness (QED) is 0.779. The van der Waals surface area contributed by atoms with Crippen molar-refractivity contribution in [2.75, 3.05) is 26.8 Å². The smallest absolute Gasteiger partial charge is 0.116 e. The van der Waals surface area contributed by atoms with Gasteiger partial charge in [0.1, 0.15) is 5.54 Å². The predicted molar refractivity (Wildman–Crippen MR) is 66.6 cm³/mol. The first-order chi connectivity index (χ1) is 8.13. The number of rotatable bonds is 5. The van der Waals surface area contributed by atoms with Gasteiger partial charge in [0.05, 0.1) is 6.07 Å². The molecule has 0 amide bonds. The van der Waals surface area contributed by atoms with Crippen molar-refractivity contribution in [3.8, 4) is 6.07 Å². The summed E-state index contributed by atoms with van der Waals surface area (Å²) in [5.74, 6) is 0. The Bertz CT molecular complexity index is 292. The fraction of sp³-hybridized carbons (Fsp3) is 0.923. The van der Waals surface area contributed by atoms with Crippen molar-refractivity contribution in [3.05, 3.63) is 0 Å². The molecule has 17 heavy (non-hydrogen) atoms. The number of hydrogen-bond donors (Lipinski definition) is 1. The molecule has 1 atom stereocenters. The average Bonchev–Trinajstić information content (AvgIpc) is 3.14. The molecule has 4 nitrogen and oxygen atoms in total. The molecule has 0 bridgehead atoms. The third-order valence-electron chi connectivity index (χ3n) is 3.73. The first-order valence-corrected chi connectivity index (χ1v) is 6.60. The Kier molecular flexibility index (Phi) is 4.03. The van der Waals surface area contributed by atoms with Gasteiger partial charge in [-0.15, -0.1) is 0 Å². The van der Waals surface area contributed by atoms with Crippen molar-refractivity contribution in [2.24, 2.45) is 0 Å². The van der Waals surface area contributed by atoms with E-state index in [2.05, 4.69) is 23.3 Å². The number of nitrogens with zero attached hydrogens (tertiary/aromatic N) is 2. The molecule has 0 radical (unpaired) electrons. The first-order valence-electron chi connectivity index (χ1n) is 6.60. The molecule has 1 N–H and O–H groups in total. The highest BCUT2D eigenvalue weighted by atomic mass is 16.5. The van der Waals surface area contributed by atoms with Gasteiger partial charge in [-0.2, -0.15) is 5.26 Å². The van der Waals surface area contributed by atoms with Crippen LogP contribution >= 0.6 is 0 Å². The second kappa shape index (κ2) is 5.34. The van der Waals surface area contributed by atoms with Crippen LogP contribution in [-0.4, -0.2) is 49.3 Å². The summed E-state index contributed by atoms with van der Waals surface area (Å²) in [5, 5.41) is 12.8. The van der Waals surface area contributed by atoms with Crippen LogP contribution in [0.4, 0.5) is 0 Å². The summed E-state index contributed by atoms with van der Waals surface area (Å²) < 4.78 is 5.37. The molecule has 1 heterocycles. The van der Waals surface area contributed by atoms with Crippen LogP contribution in [0.1, 0.15) is 32.6 Å². The highest BCUT2D eigenvalue weighted by Crippen LogP contribution is 2.23. The Labute approximate surface area is 104 Å². The molecular formula is C13H23N3O. The molecule has 1 aliphatic carbocycles. The van der Waals surface area contributed by atoms with E-state index in [0.29, 0.717) is 12.1 Å². The zero-order chi connectivity index (χ0) is 12.3. The van der Waals surface area contributed by atoms with E-state index in [4.69, 9.17) is 4.74 Å². The van der Waals surface area contributed by atoms with Crippen molar-refractivity contribution < 1.29 is 4.74 Å². The molecule has 2 aliphatic rings. The molecule has 96 valence electrons. The molecule has 2 rings (SSSR count). The average molecular weight is 237 g/mol.